The van der Waals surface area contributed by atoms with Gasteiger partial charge >= 0.3 is 0 Å². The summed E-state index contributed by atoms with van der Waals surface area (Å²) in [5, 5.41) is 3.79. The van der Waals surface area contributed by atoms with Crippen molar-refractivity contribution in [2.24, 2.45) is 11.6 Å². The molecule has 0 bridgehead atoms. The molecule has 1 aliphatic heterocycles. The Kier molecular flexibility index (Phi) is 2.83. The molecule has 0 radical (unpaired) electrons. The highest BCUT2D eigenvalue weighted by molar-refractivity contribution is 6.30. The molecule has 4 nitrogen and oxygen atoms in total. The number of nitrogens with two attached hydrogens (primary N) is 2. The fourth-order valence-corrected chi connectivity index (χ4v) is 1.40. The summed E-state index contributed by atoms with van der Waals surface area (Å²) in [6.07, 6.45) is 2.61. The second kappa shape index (κ2) is 3.69. The van der Waals surface area contributed by atoms with E-state index in [0.717, 1.165) is 6.42 Å². The first-order valence-corrected chi connectivity index (χ1v) is 4.16. The highest BCUT2D eigenvalue weighted by Crippen LogP contribution is 2.18. The van der Waals surface area contributed by atoms with Gasteiger partial charge in [-0.1, -0.05) is 18.5 Å². The lowest BCUT2D eigenvalue weighted by molar-refractivity contribution is 0.581. The van der Waals surface area contributed by atoms with Crippen molar-refractivity contribution in [1.82, 2.24) is 10.7 Å². The van der Waals surface area contributed by atoms with Gasteiger partial charge in [-0.25, -0.2) is 5.84 Å². The number of hydrazine groups is 1. The second-order valence-corrected chi connectivity index (χ2v) is 3.05. The normalized spacial score (nSPS) is 23.2. The molecule has 0 spiro atoms. The van der Waals surface area contributed by atoms with E-state index in [4.69, 9.17) is 23.2 Å². The van der Waals surface area contributed by atoms with Gasteiger partial charge in [-0.15, -0.1) is 0 Å². The molecule has 0 aliphatic carbocycles. The van der Waals surface area contributed by atoms with Gasteiger partial charge in [0, 0.05) is 5.03 Å². The molecule has 1 atom stereocenters. The van der Waals surface area contributed by atoms with Crippen LogP contribution in [-0.4, -0.2) is 6.04 Å². The minimum atomic E-state index is 0.116. The first-order chi connectivity index (χ1) is 5.69. The van der Waals surface area contributed by atoms with Gasteiger partial charge in [0.05, 0.1) is 11.7 Å². The number of nitrogens with one attached hydrogen (secondary N) is 2. The lowest BCUT2D eigenvalue weighted by atomic mass is 10.1. The molecule has 0 saturated carbocycles. The Bertz CT molecular complexity index is 234. The second-order valence-electron chi connectivity index (χ2n) is 2.61. The van der Waals surface area contributed by atoms with Gasteiger partial charge < -0.3 is 16.5 Å². The van der Waals surface area contributed by atoms with E-state index in [9.17, 15) is 0 Å². The fraction of sp³-hybridized carbons (Fsp3) is 0.429. The molecule has 6 N–H and O–H groups in total. The third-order valence-electron chi connectivity index (χ3n) is 1.79. The Morgan fingerprint density at radius 3 is 2.92 bits per heavy atom. The van der Waals surface area contributed by atoms with Crippen molar-refractivity contribution < 1.29 is 0 Å². The summed E-state index contributed by atoms with van der Waals surface area (Å²) in [5.41, 5.74) is 8.62. The van der Waals surface area contributed by atoms with Gasteiger partial charge in [-0.3, -0.25) is 0 Å². The summed E-state index contributed by atoms with van der Waals surface area (Å²) in [6.45, 7) is 2.03. The van der Waals surface area contributed by atoms with Crippen molar-refractivity contribution in [2.75, 3.05) is 0 Å². The first-order valence-electron chi connectivity index (χ1n) is 3.79. The van der Waals surface area contributed by atoms with Crippen molar-refractivity contribution in [3.63, 3.8) is 0 Å². The van der Waals surface area contributed by atoms with Gasteiger partial charge in [-0.2, -0.15) is 0 Å². The van der Waals surface area contributed by atoms with E-state index in [1.165, 1.54) is 0 Å². The molecule has 5 heteroatoms. The summed E-state index contributed by atoms with van der Waals surface area (Å²) >= 11 is 5.92. The molecule has 12 heavy (non-hydrogen) atoms. The number of dihydropyridines is 1. The number of allylic oxidation sites excluding steroid dienone is 1. The van der Waals surface area contributed by atoms with Crippen LogP contribution in [0.1, 0.15) is 13.3 Å². The summed E-state index contributed by atoms with van der Waals surface area (Å²) in [5.74, 6) is 5.86. The quantitative estimate of drug-likeness (QED) is 0.366. The average Bonchev–Trinajstić information content (AvgIpc) is 2.05. The topological polar surface area (TPSA) is 76.1 Å². The molecule has 68 valence electrons. The zero-order chi connectivity index (χ0) is 9.14. The maximum absolute atomic E-state index is 5.92. The van der Waals surface area contributed by atoms with Crippen LogP contribution in [0.4, 0.5) is 0 Å². The molecule has 0 fully saturated rings. The van der Waals surface area contributed by atoms with Crippen molar-refractivity contribution in [3.05, 3.63) is 22.6 Å². The maximum Gasteiger partial charge on any atom is 0.137 e. The van der Waals surface area contributed by atoms with E-state index < -0.39 is 0 Å². The van der Waals surface area contributed by atoms with Gasteiger partial charge in [0.25, 0.3) is 0 Å². The summed E-state index contributed by atoms with van der Waals surface area (Å²) in [4.78, 5) is 0. The molecular weight excluding hydrogens is 176 g/mol. The molecule has 0 aromatic rings. The largest absolute Gasteiger partial charge is 0.396 e. The molecule has 0 amide bonds. The predicted molar refractivity (Wildman–Crippen MR) is 49.7 cm³/mol. The summed E-state index contributed by atoms with van der Waals surface area (Å²) in [7, 11) is 0. The Morgan fingerprint density at radius 1 is 1.75 bits per heavy atom. The Balaban J connectivity index is 2.83. The van der Waals surface area contributed by atoms with Crippen LogP contribution in [-0.2, 0) is 0 Å². The monoisotopic (exact) mass is 188 g/mol. The Hall–Kier alpha value is -0.870. The first kappa shape index (κ1) is 9.22. The number of hydrogen-bond donors (Lipinski definition) is 4. The minimum absolute atomic E-state index is 0.116. The van der Waals surface area contributed by atoms with Gasteiger partial charge in [0.2, 0.25) is 0 Å². The third kappa shape index (κ3) is 1.65. The Labute approximate surface area is 76.6 Å². The molecule has 1 unspecified atom stereocenters. The summed E-state index contributed by atoms with van der Waals surface area (Å²) < 4.78 is 0. The molecule has 0 aromatic carbocycles. The lowest BCUT2D eigenvalue weighted by Crippen LogP contribution is -2.42. The van der Waals surface area contributed by atoms with E-state index in [0.29, 0.717) is 16.6 Å². The van der Waals surface area contributed by atoms with E-state index in [1.54, 1.807) is 6.08 Å². The standard InChI is InChI=1S/C7H13ClN4/c1-2-6-4(8)3-5(9)7(11-6)12-10/h3,6,11-12H,2,9-10H2,1H3. The average molecular weight is 189 g/mol. The molecule has 1 aliphatic rings. The van der Waals surface area contributed by atoms with Crippen molar-refractivity contribution in [2.45, 2.75) is 19.4 Å². The van der Waals surface area contributed by atoms with Crippen molar-refractivity contribution in [1.29, 1.82) is 0 Å². The number of hydrogen-bond acceptors (Lipinski definition) is 4. The van der Waals surface area contributed by atoms with Gasteiger partial charge in [0.1, 0.15) is 5.82 Å². The third-order valence-corrected chi connectivity index (χ3v) is 2.16. The molecule has 0 saturated heterocycles. The van der Waals surface area contributed by atoms with E-state index >= 15 is 0 Å². The van der Waals surface area contributed by atoms with E-state index in [2.05, 4.69) is 10.7 Å². The molecular formula is C7H13ClN4. The highest BCUT2D eigenvalue weighted by atomic mass is 35.5. The lowest BCUT2D eigenvalue weighted by Gasteiger charge is -2.24. The number of rotatable bonds is 2. The maximum atomic E-state index is 5.92. The van der Waals surface area contributed by atoms with Gasteiger partial charge in [0.15, 0.2) is 0 Å². The predicted octanol–water partition coefficient (Wildman–Crippen LogP) is 0.0820. The van der Waals surface area contributed by atoms with Crippen LogP contribution in [0.5, 0.6) is 0 Å². The van der Waals surface area contributed by atoms with Gasteiger partial charge in [-0.05, 0) is 12.5 Å². The minimum Gasteiger partial charge on any atom is -0.396 e. The molecule has 1 heterocycles. The SMILES string of the molecule is CCC1NC(NN)=C(N)C=C1Cl. The zero-order valence-electron chi connectivity index (χ0n) is 6.89. The Morgan fingerprint density at radius 2 is 2.42 bits per heavy atom. The van der Waals surface area contributed by atoms with Crippen LogP contribution in [0.3, 0.4) is 0 Å². The van der Waals surface area contributed by atoms with Crippen molar-refractivity contribution >= 4 is 11.6 Å². The molecule has 1 rings (SSSR count). The fourth-order valence-electron chi connectivity index (χ4n) is 1.07. The van der Waals surface area contributed by atoms with Crippen molar-refractivity contribution in [3.8, 4) is 0 Å². The zero-order valence-corrected chi connectivity index (χ0v) is 7.65. The van der Waals surface area contributed by atoms with Crippen LogP contribution < -0.4 is 22.3 Å². The van der Waals surface area contributed by atoms with E-state index in [-0.39, 0.29) is 6.04 Å². The smallest absolute Gasteiger partial charge is 0.137 e. The number of halogens is 1. The van der Waals surface area contributed by atoms with Crippen LogP contribution in [0, 0.1) is 0 Å². The summed E-state index contributed by atoms with van der Waals surface area (Å²) in [6, 6.07) is 0.116. The van der Waals surface area contributed by atoms with Crippen LogP contribution >= 0.6 is 11.6 Å². The van der Waals surface area contributed by atoms with Crippen LogP contribution in [0.25, 0.3) is 0 Å². The highest BCUT2D eigenvalue weighted by Gasteiger charge is 2.17. The molecule has 0 aromatic heterocycles. The van der Waals surface area contributed by atoms with Crippen LogP contribution in [0.15, 0.2) is 22.6 Å². The van der Waals surface area contributed by atoms with E-state index in [1.807, 2.05) is 6.92 Å². The van der Waals surface area contributed by atoms with Crippen LogP contribution in [0.2, 0.25) is 0 Å².